The molecule has 25 heavy (non-hydrogen) atoms. The van der Waals surface area contributed by atoms with Crippen molar-refractivity contribution in [2.75, 3.05) is 0 Å². The Morgan fingerprint density at radius 3 is 2.52 bits per heavy atom. The van der Waals surface area contributed by atoms with Crippen molar-refractivity contribution in [3.8, 4) is 0 Å². The normalized spacial score (nSPS) is 25.2. The third kappa shape index (κ3) is 4.52. The van der Waals surface area contributed by atoms with E-state index in [0.29, 0.717) is 11.8 Å². The van der Waals surface area contributed by atoms with Crippen molar-refractivity contribution in [1.82, 2.24) is 0 Å². The Bertz CT molecular complexity index is 598. The quantitative estimate of drug-likeness (QED) is 0.508. The molecule has 0 heterocycles. The molecule has 0 saturated heterocycles. The zero-order valence-corrected chi connectivity index (χ0v) is 15.0. The molecule has 2 N–H and O–H groups in total. The summed E-state index contributed by atoms with van der Waals surface area (Å²) in [5.74, 6) is 0.599. The number of carbonyl (C=O) groups is 1. The van der Waals surface area contributed by atoms with Gasteiger partial charge in [-0.3, -0.25) is 4.79 Å². The average molecular weight is 342 g/mol. The van der Waals surface area contributed by atoms with Crippen LogP contribution < -0.4 is 0 Å². The molecule has 2 aliphatic carbocycles. The minimum absolute atomic E-state index is 0.259. The minimum Gasteiger partial charge on any atom is -0.481 e. The van der Waals surface area contributed by atoms with Gasteiger partial charge in [0, 0.05) is 6.42 Å². The van der Waals surface area contributed by atoms with Crippen LogP contribution in [0.5, 0.6) is 0 Å². The highest BCUT2D eigenvalue weighted by Gasteiger charge is 2.36. The predicted octanol–water partition coefficient (Wildman–Crippen LogP) is 5.14. The standard InChI is InChI=1S/C22H30O3/c23-21(24)10-4-2-1-3-7-17-8-5-9-20(17)18-11-13-19(14-12-18)22(25)15-6-16-22/h1,3,11-14,17,20,25H,2,4-10,15-16H2,(H,23,24)/b3-1-/t17-,20-/m0/s1. The first-order valence-electron chi connectivity index (χ1n) is 9.78. The van der Waals surface area contributed by atoms with E-state index in [9.17, 15) is 9.90 Å². The van der Waals surface area contributed by atoms with Crippen LogP contribution >= 0.6 is 0 Å². The third-order valence-corrected chi connectivity index (χ3v) is 6.08. The lowest BCUT2D eigenvalue weighted by atomic mass is 9.74. The number of aliphatic carboxylic acids is 1. The summed E-state index contributed by atoms with van der Waals surface area (Å²) in [6.45, 7) is 0. The first-order valence-corrected chi connectivity index (χ1v) is 9.78. The predicted molar refractivity (Wildman–Crippen MR) is 99.5 cm³/mol. The van der Waals surface area contributed by atoms with Gasteiger partial charge in [-0.15, -0.1) is 0 Å². The molecule has 2 aliphatic rings. The van der Waals surface area contributed by atoms with Gasteiger partial charge in [-0.1, -0.05) is 42.8 Å². The van der Waals surface area contributed by atoms with Crippen LogP contribution in [0.15, 0.2) is 36.4 Å². The summed E-state index contributed by atoms with van der Waals surface area (Å²) in [5, 5.41) is 19.1. The summed E-state index contributed by atoms with van der Waals surface area (Å²) >= 11 is 0. The highest BCUT2D eigenvalue weighted by atomic mass is 16.4. The number of carboxylic acid groups (broad SMARTS) is 1. The summed E-state index contributed by atoms with van der Waals surface area (Å²) in [7, 11) is 0. The second-order valence-electron chi connectivity index (χ2n) is 7.80. The lowest BCUT2D eigenvalue weighted by Gasteiger charge is -2.37. The van der Waals surface area contributed by atoms with E-state index in [-0.39, 0.29) is 6.42 Å². The fourth-order valence-corrected chi connectivity index (χ4v) is 4.36. The van der Waals surface area contributed by atoms with Crippen molar-refractivity contribution in [2.24, 2.45) is 5.92 Å². The van der Waals surface area contributed by atoms with Crippen LogP contribution in [0.2, 0.25) is 0 Å². The van der Waals surface area contributed by atoms with Gasteiger partial charge in [0.15, 0.2) is 0 Å². The van der Waals surface area contributed by atoms with Crippen LogP contribution in [0.4, 0.5) is 0 Å². The highest BCUT2D eigenvalue weighted by Crippen LogP contribution is 2.44. The average Bonchev–Trinajstić information content (AvgIpc) is 3.04. The maximum absolute atomic E-state index is 10.5. The fourth-order valence-electron chi connectivity index (χ4n) is 4.36. The van der Waals surface area contributed by atoms with Crippen molar-refractivity contribution in [2.45, 2.75) is 75.7 Å². The van der Waals surface area contributed by atoms with Crippen molar-refractivity contribution in [1.29, 1.82) is 0 Å². The monoisotopic (exact) mass is 342 g/mol. The lowest BCUT2D eigenvalue weighted by Crippen LogP contribution is -2.33. The maximum Gasteiger partial charge on any atom is 0.303 e. The van der Waals surface area contributed by atoms with Gasteiger partial charge in [0.05, 0.1) is 5.60 Å². The Labute approximate surface area is 150 Å². The van der Waals surface area contributed by atoms with Crippen LogP contribution in [0.25, 0.3) is 0 Å². The summed E-state index contributed by atoms with van der Waals surface area (Å²) in [4.78, 5) is 10.5. The van der Waals surface area contributed by atoms with E-state index in [2.05, 4.69) is 36.4 Å². The van der Waals surface area contributed by atoms with E-state index in [1.165, 1.54) is 24.8 Å². The lowest BCUT2D eigenvalue weighted by molar-refractivity contribution is -0.137. The molecule has 0 spiro atoms. The van der Waals surface area contributed by atoms with Crippen LogP contribution in [0, 0.1) is 5.92 Å². The number of hydrogen-bond donors (Lipinski definition) is 2. The van der Waals surface area contributed by atoms with Crippen molar-refractivity contribution < 1.29 is 15.0 Å². The summed E-state index contributed by atoms with van der Waals surface area (Å²) < 4.78 is 0. The van der Waals surface area contributed by atoms with Crippen LogP contribution in [-0.2, 0) is 10.4 Å². The Hall–Kier alpha value is -1.61. The molecule has 1 aromatic rings. The van der Waals surface area contributed by atoms with E-state index >= 15 is 0 Å². The molecule has 3 heteroatoms. The van der Waals surface area contributed by atoms with Gasteiger partial charge in [0.2, 0.25) is 0 Å². The number of aliphatic hydroxyl groups is 1. The van der Waals surface area contributed by atoms with Crippen molar-refractivity contribution in [3.63, 3.8) is 0 Å². The Balaban J connectivity index is 1.52. The Kier molecular flexibility index (Phi) is 5.95. The van der Waals surface area contributed by atoms with Crippen molar-refractivity contribution >= 4 is 5.97 Å². The van der Waals surface area contributed by atoms with E-state index < -0.39 is 11.6 Å². The number of unbranched alkanes of at least 4 members (excludes halogenated alkanes) is 1. The molecule has 0 radical (unpaired) electrons. The number of allylic oxidation sites excluding steroid dienone is 2. The van der Waals surface area contributed by atoms with E-state index in [1.807, 2.05) is 0 Å². The number of rotatable bonds is 8. The van der Waals surface area contributed by atoms with Crippen molar-refractivity contribution in [3.05, 3.63) is 47.5 Å². The fraction of sp³-hybridized carbons (Fsp3) is 0.591. The molecule has 0 unspecified atom stereocenters. The molecule has 2 saturated carbocycles. The molecule has 0 bridgehead atoms. The highest BCUT2D eigenvalue weighted by molar-refractivity contribution is 5.66. The number of benzene rings is 1. The molecule has 0 aliphatic heterocycles. The molecular formula is C22H30O3. The van der Waals surface area contributed by atoms with Gasteiger partial charge in [-0.25, -0.2) is 0 Å². The summed E-state index contributed by atoms with van der Waals surface area (Å²) in [6, 6.07) is 8.72. The molecule has 0 amide bonds. The summed E-state index contributed by atoms with van der Waals surface area (Å²) in [5.41, 5.74) is 1.93. The Morgan fingerprint density at radius 1 is 1.12 bits per heavy atom. The topological polar surface area (TPSA) is 57.5 Å². The third-order valence-electron chi connectivity index (χ3n) is 6.08. The molecule has 3 rings (SSSR count). The number of carboxylic acids is 1. The molecule has 2 atom stereocenters. The Morgan fingerprint density at radius 2 is 1.88 bits per heavy atom. The molecule has 3 nitrogen and oxygen atoms in total. The van der Waals surface area contributed by atoms with Crippen LogP contribution in [0.1, 0.15) is 81.3 Å². The second kappa shape index (κ2) is 8.18. The van der Waals surface area contributed by atoms with Crippen LogP contribution in [0.3, 0.4) is 0 Å². The molecule has 2 fully saturated rings. The first-order chi connectivity index (χ1) is 12.1. The van der Waals surface area contributed by atoms with E-state index in [4.69, 9.17) is 5.11 Å². The zero-order valence-electron chi connectivity index (χ0n) is 15.0. The largest absolute Gasteiger partial charge is 0.481 e. The number of hydrogen-bond acceptors (Lipinski definition) is 2. The molecule has 136 valence electrons. The maximum atomic E-state index is 10.5. The molecule has 0 aromatic heterocycles. The van der Waals surface area contributed by atoms with Gasteiger partial charge in [0.1, 0.15) is 0 Å². The van der Waals surface area contributed by atoms with Gasteiger partial charge < -0.3 is 10.2 Å². The second-order valence-corrected chi connectivity index (χ2v) is 7.80. The van der Waals surface area contributed by atoms with Crippen LogP contribution in [-0.4, -0.2) is 16.2 Å². The smallest absolute Gasteiger partial charge is 0.303 e. The minimum atomic E-state index is -0.709. The van der Waals surface area contributed by atoms with E-state index in [1.54, 1.807) is 0 Å². The zero-order chi connectivity index (χ0) is 17.7. The van der Waals surface area contributed by atoms with Gasteiger partial charge in [0.25, 0.3) is 0 Å². The first kappa shape index (κ1) is 18.2. The summed E-state index contributed by atoms with van der Waals surface area (Å²) in [6.07, 6.45) is 14.0. The van der Waals surface area contributed by atoms with E-state index in [0.717, 1.165) is 44.1 Å². The molecular weight excluding hydrogens is 312 g/mol. The molecule has 1 aromatic carbocycles. The van der Waals surface area contributed by atoms with Gasteiger partial charge in [-0.2, -0.15) is 0 Å². The van der Waals surface area contributed by atoms with Gasteiger partial charge >= 0.3 is 5.97 Å². The van der Waals surface area contributed by atoms with Gasteiger partial charge in [-0.05, 0) is 74.3 Å². The SMILES string of the molecule is O=C(O)CCC/C=C\C[C@H]1CCC[C@@H]1c1ccc(C2(O)CCC2)cc1.